The van der Waals surface area contributed by atoms with Crippen LogP contribution in [0.1, 0.15) is 38.2 Å². The van der Waals surface area contributed by atoms with E-state index >= 15 is 0 Å². The number of rotatable bonds is 12. The minimum atomic E-state index is -0.832. The highest BCUT2D eigenvalue weighted by molar-refractivity contribution is 5.74. The zero-order valence-corrected chi connectivity index (χ0v) is 15.3. The Kier molecular flexibility index (Phi) is 9.63. The summed E-state index contributed by atoms with van der Waals surface area (Å²) in [6.45, 7) is 1.55. The third-order valence-corrected chi connectivity index (χ3v) is 3.71. The maximum atomic E-state index is 14.5. The Morgan fingerprint density at radius 2 is 1.96 bits per heavy atom. The lowest BCUT2D eigenvalue weighted by Gasteiger charge is -2.18. The molecule has 0 spiro atoms. The van der Waals surface area contributed by atoms with Gasteiger partial charge in [-0.1, -0.05) is 12.1 Å². The number of primary amides is 2. The number of aryl methyl sites for hydroxylation is 1. The van der Waals surface area contributed by atoms with Crippen molar-refractivity contribution in [2.75, 3.05) is 13.2 Å². The third kappa shape index (κ3) is 9.43. The molecule has 0 heterocycles. The lowest BCUT2D eigenvalue weighted by atomic mass is 10.1. The Morgan fingerprint density at radius 3 is 2.59 bits per heavy atom. The second-order valence-electron chi connectivity index (χ2n) is 6.07. The van der Waals surface area contributed by atoms with Crippen LogP contribution in [0, 0.1) is 5.82 Å². The maximum absolute atomic E-state index is 14.5. The quantitative estimate of drug-likeness (QED) is 0.469. The molecule has 27 heavy (non-hydrogen) atoms. The van der Waals surface area contributed by atoms with Gasteiger partial charge in [0.15, 0.2) is 11.6 Å². The molecule has 0 bridgehead atoms. The van der Waals surface area contributed by atoms with Crippen molar-refractivity contribution in [3.8, 4) is 5.75 Å². The molecule has 0 aliphatic carbocycles. The number of hydrogen-bond acceptors (Lipinski definition) is 5. The Bertz CT molecular complexity index is 654. The van der Waals surface area contributed by atoms with E-state index in [2.05, 4.69) is 10.1 Å². The standard InChI is InChI=1S/C18H26FN3O5/c1-12(23)22-14(8-9-16(20)24)11-27-15-7-4-6-13(17(15)19)5-2-3-10-26-18(21)25/h4,6-7,14H,2-3,5,8-11H2,1H3,(H2,20,24)(H2,21,25)(H,22,23)/t14-/m0/s1. The van der Waals surface area contributed by atoms with Crippen molar-refractivity contribution in [3.05, 3.63) is 29.6 Å². The molecule has 0 saturated heterocycles. The van der Waals surface area contributed by atoms with Gasteiger partial charge < -0.3 is 26.3 Å². The molecule has 150 valence electrons. The lowest BCUT2D eigenvalue weighted by molar-refractivity contribution is -0.121. The normalized spacial score (nSPS) is 11.5. The average Bonchev–Trinajstić information content (AvgIpc) is 2.58. The monoisotopic (exact) mass is 383 g/mol. The Labute approximate surface area is 157 Å². The van der Waals surface area contributed by atoms with Crippen LogP contribution in [0.3, 0.4) is 0 Å². The third-order valence-electron chi connectivity index (χ3n) is 3.71. The maximum Gasteiger partial charge on any atom is 0.404 e. The molecule has 0 aliphatic heterocycles. The van der Waals surface area contributed by atoms with E-state index in [0.29, 0.717) is 31.2 Å². The van der Waals surface area contributed by atoms with Gasteiger partial charge in [-0.15, -0.1) is 0 Å². The molecule has 0 aromatic heterocycles. The summed E-state index contributed by atoms with van der Waals surface area (Å²) in [5.41, 5.74) is 10.5. The van der Waals surface area contributed by atoms with Gasteiger partial charge in [0.1, 0.15) is 6.61 Å². The molecular weight excluding hydrogens is 357 g/mol. The van der Waals surface area contributed by atoms with E-state index in [9.17, 15) is 18.8 Å². The summed E-state index contributed by atoms with van der Waals surface area (Å²) < 4.78 is 24.7. The van der Waals surface area contributed by atoms with Crippen molar-refractivity contribution in [1.82, 2.24) is 5.32 Å². The molecule has 9 heteroatoms. The van der Waals surface area contributed by atoms with Crippen molar-refractivity contribution in [3.63, 3.8) is 0 Å². The molecule has 1 rings (SSSR count). The number of carbonyl (C=O) groups excluding carboxylic acids is 3. The van der Waals surface area contributed by atoms with E-state index < -0.39 is 23.9 Å². The molecular formula is C18H26FN3O5. The molecule has 1 aromatic carbocycles. The summed E-state index contributed by atoms with van der Waals surface area (Å²) >= 11 is 0. The number of nitrogens with two attached hydrogens (primary N) is 2. The van der Waals surface area contributed by atoms with Crippen molar-refractivity contribution in [2.24, 2.45) is 11.5 Å². The van der Waals surface area contributed by atoms with Gasteiger partial charge in [0.05, 0.1) is 12.6 Å². The summed E-state index contributed by atoms with van der Waals surface area (Å²) in [5.74, 6) is -1.18. The van der Waals surface area contributed by atoms with Crippen molar-refractivity contribution in [2.45, 2.75) is 45.1 Å². The van der Waals surface area contributed by atoms with Gasteiger partial charge in [0.25, 0.3) is 0 Å². The van der Waals surface area contributed by atoms with Crippen LogP contribution >= 0.6 is 0 Å². The molecule has 8 nitrogen and oxygen atoms in total. The zero-order valence-electron chi connectivity index (χ0n) is 15.3. The molecule has 3 amide bonds. The largest absolute Gasteiger partial charge is 0.488 e. The molecule has 0 unspecified atom stereocenters. The first kappa shape index (κ1) is 22.2. The Morgan fingerprint density at radius 1 is 1.22 bits per heavy atom. The summed E-state index contributed by atoms with van der Waals surface area (Å²) in [5, 5.41) is 2.65. The van der Waals surface area contributed by atoms with Gasteiger partial charge in [-0.25, -0.2) is 9.18 Å². The van der Waals surface area contributed by atoms with Crippen molar-refractivity contribution < 1.29 is 28.2 Å². The number of unbranched alkanes of at least 4 members (excludes halogenated alkanes) is 1. The topological polar surface area (TPSA) is 134 Å². The smallest absolute Gasteiger partial charge is 0.404 e. The van der Waals surface area contributed by atoms with Crippen LogP contribution in [0.25, 0.3) is 0 Å². The fourth-order valence-electron chi connectivity index (χ4n) is 2.44. The number of nitrogens with one attached hydrogen (secondary N) is 1. The van der Waals surface area contributed by atoms with Gasteiger partial charge in [-0.05, 0) is 37.3 Å². The molecule has 0 aliphatic rings. The van der Waals surface area contributed by atoms with Gasteiger partial charge in [-0.3, -0.25) is 9.59 Å². The van der Waals surface area contributed by atoms with Crippen LogP contribution < -0.4 is 21.5 Å². The van der Waals surface area contributed by atoms with Gasteiger partial charge in [-0.2, -0.15) is 0 Å². The van der Waals surface area contributed by atoms with Gasteiger partial charge in [0.2, 0.25) is 11.8 Å². The summed E-state index contributed by atoms with van der Waals surface area (Å²) in [6, 6.07) is 4.36. The number of ether oxygens (including phenoxy) is 2. The average molecular weight is 383 g/mol. The van der Waals surface area contributed by atoms with E-state index in [1.807, 2.05) is 0 Å². The molecule has 0 saturated carbocycles. The molecule has 5 N–H and O–H groups in total. The fraction of sp³-hybridized carbons (Fsp3) is 0.500. The Balaban J connectivity index is 2.59. The first-order valence-electron chi connectivity index (χ1n) is 8.67. The van der Waals surface area contributed by atoms with Crippen LogP contribution in [0.4, 0.5) is 9.18 Å². The number of halogens is 1. The molecule has 0 fully saturated rings. The number of hydrogen-bond donors (Lipinski definition) is 3. The lowest BCUT2D eigenvalue weighted by Crippen LogP contribution is -2.38. The van der Waals surface area contributed by atoms with Crippen LogP contribution in [0.2, 0.25) is 0 Å². The first-order chi connectivity index (χ1) is 12.8. The van der Waals surface area contributed by atoms with E-state index in [1.165, 1.54) is 13.0 Å². The summed E-state index contributed by atoms with van der Waals surface area (Å²) in [7, 11) is 0. The van der Waals surface area contributed by atoms with Crippen LogP contribution in [0.5, 0.6) is 5.75 Å². The first-order valence-corrected chi connectivity index (χ1v) is 8.67. The van der Waals surface area contributed by atoms with Crippen LogP contribution in [-0.2, 0) is 20.7 Å². The molecule has 1 aromatic rings. The van der Waals surface area contributed by atoms with Crippen molar-refractivity contribution >= 4 is 17.9 Å². The van der Waals surface area contributed by atoms with Gasteiger partial charge in [0, 0.05) is 13.3 Å². The minimum absolute atomic E-state index is 0.0136. The SMILES string of the molecule is CC(=O)N[C@@H](CCC(N)=O)COc1cccc(CCCCOC(N)=O)c1F. The highest BCUT2D eigenvalue weighted by Gasteiger charge is 2.15. The molecule has 1 atom stereocenters. The zero-order chi connectivity index (χ0) is 20.2. The van der Waals surface area contributed by atoms with E-state index in [4.69, 9.17) is 16.2 Å². The van der Waals surface area contributed by atoms with E-state index in [0.717, 1.165) is 0 Å². The summed E-state index contributed by atoms with van der Waals surface area (Å²) in [4.78, 5) is 32.7. The van der Waals surface area contributed by atoms with Crippen LogP contribution in [-0.4, -0.2) is 37.2 Å². The van der Waals surface area contributed by atoms with Crippen LogP contribution in [0.15, 0.2) is 18.2 Å². The predicted octanol–water partition coefficient (Wildman–Crippen LogP) is 1.39. The minimum Gasteiger partial charge on any atom is -0.488 e. The number of carbonyl (C=O) groups is 3. The highest BCUT2D eigenvalue weighted by atomic mass is 19.1. The van der Waals surface area contributed by atoms with Gasteiger partial charge >= 0.3 is 6.09 Å². The highest BCUT2D eigenvalue weighted by Crippen LogP contribution is 2.22. The fourth-order valence-corrected chi connectivity index (χ4v) is 2.44. The van der Waals surface area contributed by atoms with E-state index in [1.54, 1.807) is 12.1 Å². The van der Waals surface area contributed by atoms with Crippen molar-refractivity contribution in [1.29, 1.82) is 0 Å². The number of amides is 3. The predicted molar refractivity (Wildman–Crippen MR) is 96.4 cm³/mol. The molecule has 0 radical (unpaired) electrons. The number of benzene rings is 1. The second-order valence-corrected chi connectivity index (χ2v) is 6.07. The summed E-state index contributed by atoms with van der Waals surface area (Å²) in [6.07, 6.45) is 1.18. The Hall–Kier alpha value is -2.84. The second kappa shape index (κ2) is 11.7. The van der Waals surface area contributed by atoms with E-state index in [-0.39, 0.29) is 31.3 Å².